The Hall–Kier alpha value is -1.64. The van der Waals surface area contributed by atoms with Crippen molar-refractivity contribution in [3.8, 4) is 11.3 Å². The normalized spacial score (nSPS) is 15.2. The molecule has 1 aliphatic carbocycles. The maximum atomic E-state index is 5.94. The van der Waals surface area contributed by atoms with E-state index in [0.29, 0.717) is 17.4 Å². The van der Waals surface area contributed by atoms with Crippen LogP contribution >= 0.6 is 22.6 Å². The second kappa shape index (κ2) is 3.92. The number of aromatic amines is 1. The van der Waals surface area contributed by atoms with E-state index in [-0.39, 0.29) is 0 Å². The van der Waals surface area contributed by atoms with E-state index in [1.165, 1.54) is 19.2 Å². The molecule has 0 atom stereocenters. The van der Waals surface area contributed by atoms with Crippen molar-refractivity contribution in [2.75, 3.05) is 5.73 Å². The fraction of sp³-hybridized carbons (Fsp3) is 0.250. The summed E-state index contributed by atoms with van der Waals surface area (Å²) in [5.74, 6) is 1.97. The van der Waals surface area contributed by atoms with Crippen molar-refractivity contribution in [2.45, 2.75) is 18.8 Å². The lowest BCUT2D eigenvalue weighted by molar-refractivity contribution is 0.385. The lowest BCUT2D eigenvalue weighted by Crippen LogP contribution is -1.93. The number of hydrogen-bond donors (Lipinski definition) is 2. The van der Waals surface area contributed by atoms with Gasteiger partial charge in [0.2, 0.25) is 0 Å². The molecule has 3 heterocycles. The van der Waals surface area contributed by atoms with E-state index in [1.54, 1.807) is 0 Å². The third-order valence-corrected chi connectivity index (χ3v) is 4.40. The zero-order valence-corrected chi connectivity index (χ0v) is 12.0. The molecule has 3 aromatic rings. The first-order valence-corrected chi connectivity index (χ1v) is 7.06. The highest BCUT2D eigenvalue weighted by Crippen LogP contribution is 2.45. The lowest BCUT2D eigenvalue weighted by Gasteiger charge is -1.97. The molecule has 19 heavy (non-hydrogen) atoms. The summed E-state index contributed by atoms with van der Waals surface area (Å²) in [6, 6.07) is 0. The molecule has 1 saturated carbocycles. The fourth-order valence-electron chi connectivity index (χ4n) is 2.23. The maximum Gasteiger partial charge on any atom is 0.153 e. The Morgan fingerprint density at radius 2 is 2.21 bits per heavy atom. The largest absolute Gasteiger partial charge is 0.383 e. The standard InChI is InChI=1S/C12H10IN5O/c13-8-9(18-19-10(8)5-1-2-5)6-3-15-12-7(6)11(14)16-4-17-12/h3-5H,1-2H2,(H3,14,15,16,17). The first-order chi connectivity index (χ1) is 9.25. The molecule has 0 saturated heterocycles. The molecule has 1 fully saturated rings. The Morgan fingerprint density at radius 1 is 1.37 bits per heavy atom. The molecule has 3 N–H and O–H groups in total. The van der Waals surface area contributed by atoms with Crippen LogP contribution in [0.3, 0.4) is 0 Å². The zero-order chi connectivity index (χ0) is 13.0. The number of aromatic nitrogens is 4. The Balaban J connectivity index is 1.95. The van der Waals surface area contributed by atoms with Crippen LogP contribution in [0.4, 0.5) is 5.82 Å². The predicted molar refractivity (Wildman–Crippen MR) is 78.5 cm³/mol. The minimum Gasteiger partial charge on any atom is -0.383 e. The Kier molecular flexibility index (Phi) is 2.32. The summed E-state index contributed by atoms with van der Waals surface area (Å²) in [6.45, 7) is 0. The molecule has 96 valence electrons. The van der Waals surface area contributed by atoms with Crippen molar-refractivity contribution in [1.82, 2.24) is 20.1 Å². The zero-order valence-electron chi connectivity index (χ0n) is 9.85. The first-order valence-electron chi connectivity index (χ1n) is 5.98. The summed E-state index contributed by atoms with van der Waals surface area (Å²) in [5.41, 5.74) is 8.36. The number of anilines is 1. The molecular formula is C12H10IN5O. The van der Waals surface area contributed by atoms with Crippen molar-refractivity contribution < 1.29 is 4.52 Å². The molecule has 7 heteroatoms. The maximum absolute atomic E-state index is 5.94. The van der Waals surface area contributed by atoms with Gasteiger partial charge in [-0.3, -0.25) is 0 Å². The molecule has 0 unspecified atom stereocenters. The number of nitrogen functional groups attached to an aromatic ring is 1. The molecule has 3 aromatic heterocycles. The molecule has 0 amide bonds. The summed E-state index contributed by atoms with van der Waals surface area (Å²) in [5, 5.41) is 5.00. The van der Waals surface area contributed by atoms with Crippen LogP contribution in [0.2, 0.25) is 0 Å². The summed E-state index contributed by atoms with van der Waals surface area (Å²) < 4.78 is 6.54. The van der Waals surface area contributed by atoms with E-state index in [9.17, 15) is 0 Å². The topological polar surface area (TPSA) is 93.6 Å². The number of halogens is 1. The third-order valence-electron chi connectivity index (χ3n) is 3.36. The second-order valence-electron chi connectivity index (χ2n) is 4.67. The highest BCUT2D eigenvalue weighted by molar-refractivity contribution is 14.1. The van der Waals surface area contributed by atoms with Crippen LogP contribution in [0.1, 0.15) is 24.5 Å². The minimum absolute atomic E-state index is 0.452. The van der Waals surface area contributed by atoms with Crippen LogP contribution in [0.25, 0.3) is 22.3 Å². The van der Waals surface area contributed by atoms with Gasteiger partial charge >= 0.3 is 0 Å². The highest BCUT2D eigenvalue weighted by Gasteiger charge is 2.32. The van der Waals surface area contributed by atoms with Gasteiger partial charge in [0.15, 0.2) is 5.76 Å². The average molecular weight is 367 g/mol. The van der Waals surface area contributed by atoms with Crippen LogP contribution in [0, 0.1) is 3.57 Å². The van der Waals surface area contributed by atoms with Gasteiger partial charge < -0.3 is 15.2 Å². The third kappa shape index (κ3) is 1.64. The molecule has 4 rings (SSSR count). The SMILES string of the molecule is Nc1ncnc2[nH]cc(-c3noc(C4CC4)c3I)c12. The molecule has 0 aromatic carbocycles. The summed E-state index contributed by atoms with van der Waals surface area (Å²) in [7, 11) is 0. The number of hydrogen-bond acceptors (Lipinski definition) is 5. The fourth-order valence-corrected chi connectivity index (χ4v) is 3.16. The molecule has 0 bridgehead atoms. The summed E-state index contributed by atoms with van der Waals surface area (Å²) >= 11 is 2.29. The summed E-state index contributed by atoms with van der Waals surface area (Å²) in [4.78, 5) is 11.3. The molecule has 0 aliphatic heterocycles. The molecule has 0 spiro atoms. The Morgan fingerprint density at radius 3 is 3.00 bits per heavy atom. The molecule has 1 aliphatic rings. The number of rotatable bonds is 2. The average Bonchev–Trinajstić information content (AvgIpc) is 3.03. The quantitative estimate of drug-likeness (QED) is 0.680. The van der Waals surface area contributed by atoms with Crippen molar-refractivity contribution in [2.24, 2.45) is 0 Å². The van der Waals surface area contributed by atoms with E-state index in [1.807, 2.05) is 6.20 Å². The van der Waals surface area contributed by atoms with E-state index < -0.39 is 0 Å². The van der Waals surface area contributed by atoms with Gasteiger partial charge in [-0.05, 0) is 35.4 Å². The van der Waals surface area contributed by atoms with Gasteiger partial charge in [0.05, 0.1) is 8.96 Å². The smallest absolute Gasteiger partial charge is 0.153 e. The number of nitrogens with two attached hydrogens (primary N) is 1. The number of fused-ring (bicyclic) bond motifs is 1. The second-order valence-corrected chi connectivity index (χ2v) is 5.75. The van der Waals surface area contributed by atoms with Gasteiger partial charge in [0.25, 0.3) is 0 Å². The summed E-state index contributed by atoms with van der Waals surface area (Å²) in [6.07, 6.45) is 5.67. The van der Waals surface area contributed by atoms with Gasteiger partial charge in [0, 0.05) is 17.7 Å². The van der Waals surface area contributed by atoms with E-state index in [2.05, 4.69) is 42.7 Å². The van der Waals surface area contributed by atoms with Crippen LogP contribution in [0.15, 0.2) is 17.0 Å². The van der Waals surface area contributed by atoms with Crippen molar-refractivity contribution >= 4 is 39.4 Å². The predicted octanol–water partition coefficient (Wildman–Crippen LogP) is 2.68. The van der Waals surface area contributed by atoms with Gasteiger partial charge in [-0.25, -0.2) is 9.97 Å². The minimum atomic E-state index is 0.452. The molecule has 0 radical (unpaired) electrons. The van der Waals surface area contributed by atoms with Crippen LogP contribution in [-0.2, 0) is 0 Å². The van der Waals surface area contributed by atoms with Crippen molar-refractivity contribution in [1.29, 1.82) is 0 Å². The lowest BCUT2D eigenvalue weighted by atomic mass is 10.1. The van der Waals surface area contributed by atoms with Crippen molar-refractivity contribution in [3.63, 3.8) is 0 Å². The van der Waals surface area contributed by atoms with Gasteiger partial charge in [-0.15, -0.1) is 0 Å². The van der Waals surface area contributed by atoms with E-state index >= 15 is 0 Å². The number of nitrogens with one attached hydrogen (secondary N) is 1. The van der Waals surface area contributed by atoms with Gasteiger partial charge in [-0.2, -0.15) is 0 Å². The molecule has 6 nitrogen and oxygen atoms in total. The Labute approximate surface area is 121 Å². The monoisotopic (exact) mass is 367 g/mol. The van der Waals surface area contributed by atoms with E-state index in [4.69, 9.17) is 10.3 Å². The number of H-pyrrole nitrogens is 1. The van der Waals surface area contributed by atoms with Crippen LogP contribution in [-0.4, -0.2) is 20.1 Å². The molecular weight excluding hydrogens is 357 g/mol. The Bertz CT molecular complexity index is 774. The van der Waals surface area contributed by atoms with Gasteiger partial charge in [-0.1, -0.05) is 5.16 Å². The highest BCUT2D eigenvalue weighted by atomic mass is 127. The van der Waals surface area contributed by atoms with Crippen molar-refractivity contribution in [3.05, 3.63) is 21.9 Å². The van der Waals surface area contributed by atoms with Crippen LogP contribution in [0.5, 0.6) is 0 Å². The van der Waals surface area contributed by atoms with E-state index in [0.717, 1.165) is 26.0 Å². The van der Waals surface area contributed by atoms with Gasteiger partial charge in [0.1, 0.15) is 23.5 Å². The number of nitrogens with zero attached hydrogens (tertiary/aromatic N) is 3. The first kappa shape index (κ1) is 11.2. The van der Waals surface area contributed by atoms with Crippen LogP contribution < -0.4 is 5.73 Å².